The highest BCUT2D eigenvalue weighted by Gasteiger charge is 1.98. The van der Waals surface area contributed by atoms with E-state index in [-0.39, 0.29) is 18.4 Å². The van der Waals surface area contributed by atoms with Gasteiger partial charge in [-0.15, -0.1) is 12.4 Å². The molecule has 0 radical (unpaired) electrons. The zero-order valence-electron chi connectivity index (χ0n) is 5.87. The van der Waals surface area contributed by atoms with E-state index in [1.807, 2.05) is 0 Å². The molecule has 10 heavy (non-hydrogen) atoms. The number of urea groups is 1. The van der Waals surface area contributed by atoms with E-state index in [4.69, 9.17) is 11.5 Å². The summed E-state index contributed by atoms with van der Waals surface area (Å²) in [6.45, 7) is 0. The molecule has 0 aromatic carbocycles. The molecule has 0 aliphatic carbocycles. The summed E-state index contributed by atoms with van der Waals surface area (Å²) in [5, 5.41) is 0. The Morgan fingerprint density at radius 3 is 1.90 bits per heavy atom. The van der Waals surface area contributed by atoms with Gasteiger partial charge in [-0.3, -0.25) is 0 Å². The number of aliphatic imine (C=N–C) groups is 1. The highest BCUT2D eigenvalue weighted by atomic mass is 35.5. The van der Waals surface area contributed by atoms with E-state index in [1.165, 1.54) is 4.90 Å². The van der Waals surface area contributed by atoms with E-state index in [0.717, 1.165) is 0 Å². The third-order valence-electron chi connectivity index (χ3n) is 0.607. The predicted octanol–water partition coefficient (Wildman–Crippen LogP) is -0.637. The van der Waals surface area contributed by atoms with E-state index >= 15 is 0 Å². The Bertz CT molecular complexity index is 140. The van der Waals surface area contributed by atoms with Crippen LogP contribution in [0.1, 0.15) is 0 Å². The molecule has 0 rings (SSSR count). The second-order valence-electron chi connectivity index (χ2n) is 1.71. The standard InChI is InChI=1S/C4H10N4O.ClH/c1-8(2)4(9)7-3(5)6;/h1-2H3,(H4,5,6,7,9);1H. The van der Waals surface area contributed by atoms with Crippen molar-refractivity contribution >= 4 is 24.4 Å². The van der Waals surface area contributed by atoms with Crippen LogP contribution in [0.5, 0.6) is 0 Å². The molecule has 0 fully saturated rings. The number of carbonyl (C=O) groups excluding carboxylic acids is 1. The van der Waals surface area contributed by atoms with Crippen LogP contribution in [0.4, 0.5) is 4.79 Å². The molecule has 2 amide bonds. The summed E-state index contributed by atoms with van der Waals surface area (Å²) in [4.78, 5) is 15.0. The van der Waals surface area contributed by atoms with Crippen molar-refractivity contribution in [3.05, 3.63) is 0 Å². The monoisotopic (exact) mass is 166 g/mol. The molecule has 60 valence electrons. The van der Waals surface area contributed by atoms with Crippen molar-refractivity contribution in [1.82, 2.24) is 4.90 Å². The van der Waals surface area contributed by atoms with Crippen LogP contribution in [0.3, 0.4) is 0 Å². The molecule has 0 aromatic rings. The maximum absolute atomic E-state index is 10.5. The fraction of sp³-hybridized carbons (Fsp3) is 0.500. The first-order valence-electron chi connectivity index (χ1n) is 2.35. The number of halogens is 1. The third-order valence-corrected chi connectivity index (χ3v) is 0.607. The smallest absolute Gasteiger partial charge is 0.346 e. The molecule has 0 saturated carbocycles. The molecule has 0 saturated heterocycles. The van der Waals surface area contributed by atoms with Gasteiger partial charge in [0.05, 0.1) is 0 Å². The summed E-state index contributed by atoms with van der Waals surface area (Å²) in [5.41, 5.74) is 9.82. The minimum absolute atomic E-state index is 0. The van der Waals surface area contributed by atoms with Gasteiger partial charge in [-0.2, -0.15) is 4.99 Å². The Kier molecular flexibility index (Phi) is 5.73. The molecule has 0 aromatic heterocycles. The van der Waals surface area contributed by atoms with Crippen molar-refractivity contribution in [2.75, 3.05) is 14.1 Å². The maximum Gasteiger partial charge on any atom is 0.346 e. The average molecular weight is 167 g/mol. The molecule has 0 unspecified atom stereocenters. The number of nitrogens with zero attached hydrogens (tertiary/aromatic N) is 2. The minimum Gasteiger partial charge on any atom is -0.370 e. The fourth-order valence-corrected chi connectivity index (χ4v) is 0.210. The number of amides is 2. The van der Waals surface area contributed by atoms with Crippen molar-refractivity contribution in [3.63, 3.8) is 0 Å². The first-order chi connectivity index (χ1) is 4.04. The van der Waals surface area contributed by atoms with Gasteiger partial charge in [-0.1, -0.05) is 0 Å². The second-order valence-corrected chi connectivity index (χ2v) is 1.71. The molecule has 0 atom stereocenters. The van der Waals surface area contributed by atoms with E-state index in [0.29, 0.717) is 0 Å². The zero-order valence-corrected chi connectivity index (χ0v) is 6.68. The van der Waals surface area contributed by atoms with Crippen molar-refractivity contribution in [1.29, 1.82) is 0 Å². The lowest BCUT2D eigenvalue weighted by Crippen LogP contribution is -2.28. The highest BCUT2D eigenvalue weighted by molar-refractivity contribution is 5.90. The summed E-state index contributed by atoms with van der Waals surface area (Å²) in [5.74, 6) is -0.214. The molecular weight excluding hydrogens is 156 g/mol. The first kappa shape index (κ1) is 11.8. The van der Waals surface area contributed by atoms with Crippen molar-refractivity contribution in [3.8, 4) is 0 Å². The van der Waals surface area contributed by atoms with Crippen LogP contribution >= 0.6 is 12.4 Å². The van der Waals surface area contributed by atoms with E-state index in [9.17, 15) is 4.79 Å². The average Bonchev–Trinajstić information content (AvgIpc) is 1.63. The molecule has 0 spiro atoms. The van der Waals surface area contributed by atoms with Crippen molar-refractivity contribution in [2.24, 2.45) is 16.5 Å². The normalized spacial score (nSPS) is 7.40. The van der Waals surface area contributed by atoms with E-state index in [2.05, 4.69) is 4.99 Å². The highest BCUT2D eigenvalue weighted by Crippen LogP contribution is 1.80. The fourth-order valence-electron chi connectivity index (χ4n) is 0.210. The molecule has 6 heteroatoms. The van der Waals surface area contributed by atoms with Crippen LogP contribution < -0.4 is 11.5 Å². The molecule has 0 aliphatic heterocycles. The summed E-state index contributed by atoms with van der Waals surface area (Å²) in [6.07, 6.45) is 0. The van der Waals surface area contributed by atoms with Gasteiger partial charge in [0.25, 0.3) is 0 Å². The van der Waals surface area contributed by atoms with Crippen LogP contribution in [-0.4, -0.2) is 31.0 Å². The Balaban J connectivity index is 0. The summed E-state index contributed by atoms with van der Waals surface area (Å²) < 4.78 is 0. The number of hydrogen-bond acceptors (Lipinski definition) is 1. The Labute approximate surface area is 65.5 Å². The van der Waals surface area contributed by atoms with Crippen LogP contribution in [0.2, 0.25) is 0 Å². The topological polar surface area (TPSA) is 84.7 Å². The van der Waals surface area contributed by atoms with Gasteiger partial charge in [0, 0.05) is 14.1 Å². The molecular formula is C4H11ClN4O. The largest absolute Gasteiger partial charge is 0.370 e. The molecule has 5 nitrogen and oxygen atoms in total. The maximum atomic E-state index is 10.5. The van der Waals surface area contributed by atoms with Gasteiger partial charge in [0.15, 0.2) is 5.96 Å². The van der Waals surface area contributed by atoms with Gasteiger partial charge in [0.2, 0.25) is 0 Å². The first-order valence-corrected chi connectivity index (χ1v) is 2.35. The lowest BCUT2D eigenvalue weighted by Gasteiger charge is -2.03. The lowest BCUT2D eigenvalue weighted by atomic mass is 10.8. The Hall–Kier alpha value is -0.970. The SMILES string of the molecule is CN(C)C(=O)N=C(N)N.Cl. The van der Waals surface area contributed by atoms with Gasteiger partial charge in [-0.25, -0.2) is 4.79 Å². The van der Waals surface area contributed by atoms with Gasteiger partial charge < -0.3 is 16.4 Å². The van der Waals surface area contributed by atoms with Crippen LogP contribution in [0, 0.1) is 0 Å². The number of guanidine groups is 1. The molecule has 0 heterocycles. The molecule has 4 N–H and O–H groups in total. The third kappa shape index (κ3) is 5.17. The lowest BCUT2D eigenvalue weighted by molar-refractivity contribution is 0.227. The quantitative estimate of drug-likeness (QED) is 0.371. The van der Waals surface area contributed by atoms with Crippen LogP contribution in [-0.2, 0) is 0 Å². The Morgan fingerprint density at radius 1 is 1.40 bits per heavy atom. The van der Waals surface area contributed by atoms with Gasteiger partial charge in [0.1, 0.15) is 0 Å². The number of nitrogens with two attached hydrogens (primary N) is 2. The van der Waals surface area contributed by atoms with Crippen molar-refractivity contribution < 1.29 is 4.79 Å². The zero-order chi connectivity index (χ0) is 7.44. The molecule has 0 bridgehead atoms. The van der Waals surface area contributed by atoms with Gasteiger partial charge in [-0.05, 0) is 0 Å². The summed E-state index contributed by atoms with van der Waals surface area (Å²) in [7, 11) is 3.13. The second kappa shape index (κ2) is 4.87. The predicted molar refractivity (Wildman–Crippen MR) is 42.1 cm³/mol. The summed E-state index contributed by atoms with van der Waals surface area (Å²) in [6, 6.07) is -0.449. The van der Waals surface area contributed by atoms with Crippen molar-refractivity contribution in [2.45, 2.75) is 0 Å². The Morgan fingerprint density at radius 2 is 1.80 bits per heavy atom. The molecule has 0 aliphatic rings. The van der Waals surface area contributed by atoms with E-state index < -0.39 is 6.03 Å². The van der Waals surface area contributed by atoms with Crippen LogP contribution in [0.15, 0.2) is 4.99 Å². The number of carbonyl (C=O) groups is 1. The van der Waals surface area contributed by atoms with Crippen LogP contribution in [0.25, 0.3) is 0 Å². The number of hydrogen-bond donors (Lipinski definition) is 2. The summed E-state index contributed by atoms with van der Waals surface area (Å²) >= 11 is 0. The van der Waals surface area contributed by atoms with Gasteiger partial charge >= 0.3 is 6.03 Å². The number of rotatable bonds is 0. The van der Waals surface area contributed by atoms with E-state index in [1.54, 1.807) is 14.1 Å². The minimum atomic E-state index is -0.449.